The molecule has 23 heavy (non-hydrogen) atoms. The van der Waals surface area contributed by atoms with E-state index in [9.17, 15) is 10.4 Å². The van der Waals surface area contributed by atoms with Crippen LogP contribution in [0, 0.1) is 17.2 Å². The summed E-state index contributed by atoms with van der Waals surface area (Å²) in [4.78, 5) is 5.82. The van der Waals surface area contributed by atoms with Gasteiger partial charge in [-0.05, 0) is 54.5 Å². The summed E-state index contributed by atoms with van der Waals surface area (Å²) >= 11 is 1.62. The lowest BCUT2D eigenvalue weighted by atomic mass is 9.89. The van der Waals surface area contributed by atoms with E-state index in [1.807, 2.05) is 0 Å². The van der Waals surface area contributed by atoms with Gasteiger partial charge in [-0.1, -0.05) is 6.92 Å². The van der Waals surface area contributed by atoms with Gasteiger partial charge in [-0.25, -0.2) is 4.99 Å². The molecule has 1 aliphatic rings. The number of hydrogen-bond donors (Lipinski definition) is 1. The molecule has 1 aliphatic carbocycles. The number of thiophene rings is 1. The summed E-state index contributed by atoms with van der Waals surface area (Å²) in [6, 6.07) is 7.38. The first-order valence-electron chi connectivity index (χ1n) is 7.58. The van der Waals surface area contributed by atoms with Crippen molar-refractivity contribution in [2.75, 3.05) is 7.11 Å². The second-order valence-corrected chi connectivity index (χ2v) is 6.92. The molecule has 118 valence electrons. The standard InChI is InChI=1S/C18H18N2O2S/c1-11-3-5-13-14(9-19)18(23-17(13)7-11)20-10-12-4-6-15(21)16(8-12)22-2/h4,6,8,10-11,21H,3,5,7H2,1-2H3/b20-10+. The third-order valence-corrected chi connectivity index (χ3v) is 5.30. The molecule has 0 aliphatic heterocycles. The number of nitriles is 1. The molecule has 5 heteroatoms. The molecule has 3 rings (SSSR count). The maximum Gasteiger partial charge on any atom is 0.161 e. The molecule has 0 radical (unpaired) electrons. The number of methoxy groups -OCH3 is 1. The van der Waals surface area contributed by atoms with E-state index in [1.54, 1.807) is 35.8 Å². The molecule has 1 unspecified atom stereocenters. The van der Waals surface area contributed by atoms with Crippen LogP contribution in [0.3, 0.4) is 0 Å². The molecule has 0 bridgehead atoms. The van der Waals surface area contributed by atoms with Crippen LogP contribution in [0.15, 0.2) is 23.2 Å². The Balaban J connectivity index is 1.93. The number of aliphatic imine (C=N–C) groups is 1. The Morgan fingerprint density at radius 2 is 2.30 bits per heavy atom. The Morgan fingerprint density at radius 3 is 3.04 bits per heavy atom. The van der Waals surface area contributed by atoms with Crippen molar-refractivity contribution in [2.24, 2.45) is 10.9 Å². The van der Waals surface area contributed by atoms with Gasteiger partial charge in [-0.3, -0.25) is 0 Å². The van der Waals surface area contributed by atoms with Gasteiger partial charge in [0.05, 0.1) is 12.7 Å². The largest absolute Gasteiger partial charge is 0.504 e. The Kier molecular flexibility index (Phi) is 4.35. The van der Waals surface area contributed by atoms with Gasteiger partial charge in [0.25, 0.3) is 0 Å². The zero-order valence-corrected chi connectivity index (χ0v) is 14.0. The number of phenolic OH excluding ortho intramolecular Hbond substituents is 1. The fraction of sp³-hybridized carbons (Fsp3) is 0.333. The highest BCUT2D eigenvalue weighted by molar-refractivity contribution is 7.16. The van der Waals surface area contributed by atoms with Crippen molar-refractivity contribution >= 4 is 22.6 Å². The first-order valence-corrected chi connectivity index (χ1v) is 8.39. The summed E-state index contributed by atoms with van der Waals surface area (Å²) in [6.07, 6.45) is 4.86. The summed E-state index contributed by atoms with van der Waals surface area (Å²) < 4.78 is 5.10. The third kappa shape index (κ3) is 3.08. The number of hydrogen-bond acceptors (Lipinski definition) is 5. The van der Waals surface area contributed by atoms with Crippen LogP contribution in [0.1, 0.15) is 34.9 Å². The van der Waals surface area contributed by atoms with Crippen LogP contribution in [-0.4, -0.2) is 18.4 Å². The molecule has 4 nitrogen and oxygen atoms in total. The first-order chi connectivity index (χ1) is 11.1. The van der Waals surface area contributed by atoms with Gasteiger partial charge >= 0.3 is 0 Å². The van der Waals surface area contributed by atoms with E-state index >= 15 is 0 Å². The van der Waals surface area contributed by atoms with E-state index in [1.165, 1.54) is 17.6 Å². The second-order valence-electron chi connectivity index (χ2n) is 5.83. The minimum Gasteiger partial charge on any atom is -0.504 e. The first kappa shape index (κ1) is 15.6. The minimum absolute atomic E-state index is 0.0999. The predicted octanol–water partition coefficient (Wildman–Crippen LogP) is 4.21. The second kappa shape index (κ2) is 6.43. The van der Waals surface area contributed by atoms with E-state index < -0.39 is 0 Å². The molecule has 1 aromatic carbocycles. The van der Waals surface area contributed by atoms with Crippen molar-refractivity contribution in [1.29, 1.82) is 5.26 Å². The lowest BCUT2D eigenvalue weighted by Crippen LogP contribution is -2.09. The number of aromatic hydroxyl groups is 1. The van der Waals surface area contributed by atoms with Gasteiger partial charge in [-0.15, -0.1) is 11.3 Å². The summed E-state index contributed by atoms with van der Waals surface area (Å²) in [5.41, 5.74) is 2.73. The minimum atomic E-state index is 0.0999. The fourth-order valence-corrected chi connectivity index (χ4v) is 4.16. The maximum atomic E-state index is 9.63. The lowest BCUT2D eigenvalue weighted by molar-refractivity contribution is 0.373. The lowest BCUT2D eigenvalue weighted by Gasteiger charge is -2.17. The highest BCUT2D eigenvalue weighted by atomic mass is 32.1. The molecule has 1 atom stereocenters. The van der Waals surface area contributed by atoms with Gasteiger partial charge < -0.3 is 9.84 Å². The average Bonchev–Trinajstić information content (AvgIpc) is 2.90. The van der Waals surface area contributed by atoms with Crippen LogP contribution in [0.25, 0.3) is 0 Å². The molecule has 1 heterocycles. The number of ether oxygens (including phenoxy) is 1. The van der Waals surface area contributed by atoms with Crippen molar-refractivity contribution < 1.29 is 9.84 Å². The summed E-state index contributed by atoms with van der Waals surface area (Å²) in [5.74, 6) is 1.18. The van der Waals surface area contributed by atoms with Gasteiger partial charge in [0.15, 0.2) is 11.5 Å². The van der Waals surface area contributed by atoms with Crippen molar-refractivity contribution in [3.8, 4) is 17.6 Å². The molecule has 1 aromatic heterocycles. The molecule has 2 aromatic rings. The Bertz CT molecular complexity index is 802. The number of rotatable bonds is 3. The normalized spacial score (nSPS) is 17.0. The highest BCUT2D eigenvalue weighted by Crippen LogP contribution is 2.40. The van der Waals surface area contributed by atoms with Crippen LogP contribution in [0.4, 0.5) is 5.00 Å². The molecule has 0 spiro atoms. The SMILES string of the molecule is COc1cc(/C=N/c2sc3c(c2C#N)CCC(C)C3)ccc1O. The highest BCUT2D eigenvalue weighted by Gasteiger charge is 2.23. The third-order valence-electron chi connectivity index (χ3n) is 4.14. The fourth-order valence-electron chi connectivity index (χ4n) is 2.85. The summed E-state index contributed by atoms with van der Waals surface area (Å²) in [5, 5.41) is 19.9. The number of nitrogens with zero attached hydrogens (tertiary/aromatic N) is 2. The quantitative estimate of drug-likeness (QED) is 0.859. The van der Waals surface area contributed by atoms with E-state index in [-0.39, 0.29) is 5.75 Å². The molecule has 1 N–H and O–H groups in total. The Labute approximate surface area is 139 Å². The molecule has 0 saturated carbocycles. The Morgan fingerprint density at radius 1 is 1.48 bits per heavy atom. The van der Waals surface area contributed by atoms with Crippen molar-refractivity contribution in [1.82, 2.24) is 0 Å². The molecular weight excluding hydrogens is 308 g/mol. The zero-order chi connectivity index (χ0) is 16.4. The van der Waals surface area contributed by atoms with Crippen LogP contribution in [0.2, 0.25) is 0 Å². The molecule has 0 saturated heterocycles. The summed E-state index contributed by atoms with van der Waals surface area (Å²) in [7, 11) is 1.51. The van der Waals surface area contributed by atoms with Gasteiger partial charge in [0, 0.05) is 11.1 Å². The van der Waals surface area contributed by atoms with E-state index in [0.29, 0.717) is 11.7 Å². The maximum absolute atomic E-state index is 9.63. The molecule has 0 amide bonds. The van der Waals surface area contributed by atoms with E-state index in [4.69, 9.17) is 4.74 Å². The average molecular weight is 326 g/mol. The van der Waals surface area contributed by atoms with Crippen molar-refractivity contribution in [3.63, 3.8) is 0 Å². The van der Waals surface area contributed by atoms with Crippen LogP contribution >= 0.6 is 11.3 Å². The number of benzene rings is 1. The van der Waals surface area contributed by atoms with E-state index in [0.717, 1.165) is 35.4 Å². The molecule has 0 fully saturated rings. The molecular formula is C18H18N2O2S. The predicted molar refractivity (Wildman–Crippen MR) is 92.1 cm³/mol. The van der Waals surface area contributed by atoms with Crippen LogP contribution < -0.4 is 4.74 Å². The summed E-state index contributed by atoms with van der Waals surface area (Å²) in [6.45, 7) is 2.25. The topological polar surface area (TPSA) is 65.6 Å². The van der Waals surface area contributed by atoms with Gasteiger partial charge in [0.2, 0.25) is 0 Å². The number of phenols is 1. The van der Waals surface area contributed by atoms with Crippen LogP contribution in [0.5, 0.6) is 11.5 Å². The monoisotopic (exact) mass is 326 g/mol. The zero-order valence-electron chi connectivity index (χ0n) is 13.2. The van der Waals surface area contributed by atoms with Gasteiger partial charge in [-0.2, -0.15) is 5.26 Å². The van der Waals surface area contributed by atoms with Crippen molar-refractivity contribution in [2.45, 2.75) is 26.2 Å². The smallest absolute Gasteiger partial charge is 0.161 e. The van der Waals surface area contributed by atoms with Crippen LogP contribution in [-0.2, 0) is 12.8 Å². The van der Waals surface area contributed by atoms with Gasteiger partial charge in [0.1, 0.15) is 11.1 Å². The Hall–Kier alpha value is -2.32. The number of fused-ring (bicyclic) bond motifs is 1. The van der Waals surface area contributed by atoms with Crippen molar-refractivity contribution in [3.05, 3.63) is 39.8 Å². The van der Waals surface area contributed by atoms with E-state index in [2.05, 4.69) is 18.0 Å².